The van der Waals surface area contributed by atoms with Crippen molar-refractivity contribution in [3.8, 4) is 11.5 Å². The summed E-state index contributed by atoms with van der Waals surface area (Å²) >= 11 is 0. The zero-order valence-corrected chi connectivity index (χ0v) is 22.2. The van der Waals surface area contributed by atoms with E-state index in [0.29, 0.717) is 17.1 Å². The lowest BCUT2D eigenvalue weighted by atomic mass is 10.0. The molecule has 0 bridgehead atoms. The summed E-state index contributed by atoms with van der Waals surface area (Å²) in [5.41, 5.74) is 6.52. The maximum absolute atomic E-state index is 13.1. The monoisotopic (exact) mass is 532 g/mol. The first-order valence-electron chi connectivity index (χ1n) is 12.3. The van der Waals surface area contributed by atoms with Crippen molar-refractivity contribution in [3.05, 3.63) is 89.5 Å². The van der Waals surface area contributed by atoms with E-state index in [4.69, 9.17) is 9.47 Å². The van der Waals surface area contributed by atoms with Crippen LogP contribution in [0.1, 0.15) is 40.1 Å². The van der Waals surface area contributed by atoms with Gasteiger partial charge in [0.2, 0.25) is 0 Å². The summed E-state index contributed by atoms with van der Waals surface area (Å²) < 4.78 is 10.5. The fourth-order valence-corrected chi connectivity index (χ4v) is 3.51. The highest BCUT2D eigenvalue weighted by atomic mass is 16.5. The molecule has 4 amide bonds. The minimum absolute atomic E-state index is 0.174. The summed E-state index contributed by atoms with van der Waals surface area (Å²) in [6.45, 7) is 5.14. The van der Waals surface area contributed by atoms with Crippen LogP contribution in [0.15, 0.2) is 72.8 Å². The molecule has 10 nitrogen and oxygen atoms in total. The number of anilines is 1. The largest absolute Gasteiger partial charge is 0.497 e. The van der Waals surface area contributed by atoms with Gasteiger partial charge in [0.1, 0.15) is 17.5 Å². The molecule has 3 aromatic carbocycles. The molecular formula is C29H32N4O6. The Morgan fingerprint density at radius 3 is 2.08 bits per heavy atom. The number of ether oxygens (including phenoxy) is 2. The Balaban J connectivity index is 1.59. The molecule has 0 aliphatic rings. The van der Waals surface area contributed by atoms with Gasteiger partial charge in [-0.15, -0.1) is 0 Å². The van der Waals surface area contributed by atoms with Crippen LogP contribution in [0, 0.1) is 12.8 Å². The first-order valence-corrected chi connectivity index (χ1v) is 12.3. The number of hydrogen-bond donors (Lipinski definition) is 4. The van der Waals surface area contributed by atoms with Crippen molar-refractivity contribution in [1.29, 1.82) is 0 Å². The number of para-hydroxylation sites is 1. The van der Waals surface area contributed by atoms with E-state index in [0.717, 1.165) is 5.56 Å². The molecule has 0 radical (unpaired) electrons. The van der Waals surface area contributed by atoms with Crippen LogP contribution in [0.3, 0.4) is 0 Å². The average molecular weight is 533 g/mol. The van der Waals surface area contributed by atoms with E-state index in [2.05, 4.69) is 21.5 Å². The Hall–Kier alpha value is -4.86. The van der Waals surface area contributed by atoms with E-state index in [1.165, 1.54) is 7.11 Å². The quantitative estimate of drug-likeness (QED) is 0.296. The van der Waals surface area contributed by atoms with Crippen LogP contribution < -0.4 is 31.0 Å². The average Bonchev–Trinajstić information content (AvgIpc) is 2.94. The van der Waals surface area contributed by atoms with Crippen molar-refractivity contribution in [2.24, 2.45) is 5.92 Å². The third-order valence-electron chi connectivity index (χ3n) is 5.72. The molecule has 0 unspecified atom stereocenters. The Labute approximate surface area is 227 Å². The number of aryl methyl sites for hydroxylation is 1. The highest BCUT2D eigenvalue weighted by molar-refractivity contribution is 6.09. The minimum atomic E-state index is -0.971. The van der Waals surface area contributed by atoms with E-state index in [1.54, 1.807) is 74.5 Å². The second kappa shape index (κ2) is 13.6. The number of nitrogens with one attached hydrogen (secondary N) is 4. The molecule has 1 atom stereocenters. The van der Waals surface area contributed by atoms with Crippen molar-refractivity contribution < 1.29 is 28.7 Å². The smallest absolute Gasteiger partial charge is 0.276 e. The first kappa shape index (κ1) is 28.7. The Morgan fingerprint density at radius 2 is 1.44 bits per heavy atom. The fraction of sp³-hybridized carbons (Fsp3) is 0.241. The van der Waals surface area contributed by atoms with E-state index >= 15 is 0 Å². The predicted octanol–water partition coefficient (Wildman–Crippen LogP) is 3.24. The summed E-state index contributed by atoms with van der Waals surface area (Å²) in [5.74, 6) is -1.33. The van der Waals surface area contributed by atoms with Crippen molar-refractivity contribution >= 4 is 29.3 Å². The van der Waals surface area contributed by atoms with E-state index < -0.39 is 29.7 Å². The highest BCUT2D eigenvalue weighted by Crippen LogP contribution is 2.18. The van der Waals surface area contributed by atoms with Gasteiger partial charge in [0.25, 0.3) is 23.6 Å². The van der Waals surface area contributed by atoms with Crippen LogP contribution in [-0.4, -0.2) is 43.4 Å². The number of methoxy groups -OCH3 is 1. The molecule has 10 heteroatoms. The van der Waals surface area contributed by atoms with Gasteiger partial charge in [0.15, 0.2) is 6.61 Å². The molecule has 0 spiro atoms. The van der Waals surface area contributed by atoms with Crippen molar-refractivity contribution in [1.82, 2.24) is 16.2 Å². The molecular weight excluding hydrogens is 500 g/mol. The molecule has 39 heavy (non-hydrogen) atoms. The molecule has 4 N–H and O–H groups in total. The lowest BCUT2D eigenvalue weighted by Crippen LogP contribution is -2.55. The van der Waals surface area contributed by atoms with Gasteiger partial charge < -0.3 is 20.1 Å². The Morgan fingerprint density at radius 1 is 0.795 bits per heavy atom. The molecule has 204 valence electrons. The summed E-state index contributed by atoms with van der Waals surface area (Å²) in [7, 11) is 1.53. The van der Waals surface area contributed by atoms with Crippen LogP contribution in [0.4, 0.5) is 5.69 Å². The van der Waals surface area contributed by atoms with Crippen molar-refractivity contribution in [2.45, 2.75) is 26.8 Å². The normalized spacial score (nSPS) is 11.2. The van der Waals surface area contributed by atoms with Gasteiger partial charge in [-0.25, -0.2) is 0 Å². The zero-order chi connectivity index (χ0) is 28.4. The Bertz CT molecular complexity index is 1310. The van der Waals surface area contributed by atoms with Crippen LogP contribution in [0.25, 0.3) is 0 Å². The number of hydrazine groups is 1. The number of hydrogen-bond acceptors (Lipinski definition) is 6. The molecule has 0 aromatic heterocycles. The second-order valence-electron chi connectivity index (χ2n) is 9.06. The van der Waals surface area contributed by atoms with Gasteiger partial charge in [-0.2, -0.15) is 0 Å². The standard InChI is InChI=1S/C29H32N4O6/c1-18(2)26(29(37)33-32-25(34)17-39-22-13-9-19(3)10-14-22)31-28(36)23-7-5-6-8-24(23)30-27(35)20-11-15-21(38-4)16-12-20/h5-16,18,26H,17H2,1-4H3,(H,30,35)(H,31,36)(H,32,34)(H,33,37)/t26-/m1/s1. The maximum atomic E-state index is 13.1. The lowest BCUT2D eigenvalue weighted by molar-refractivity contribution is -0.131. The Kier molecular flexibility index (Phi) is 10.0. The number of carbonyl (C=O) groups is 4. The molecule has 0 aliphatic carbocycles. The van der Waals surface area contributed by atoms with E-state index in [1.807, 2.05) is 19.1 Å². The topological polar surface area (TPSA) is 135 Å². The van der Waals surface area contributed by atoms with Gasteiger partial charge in [-0.3, -0.25) is 30.0 Å². The minimum Gasteiger partial charge on any atom is -0.497 e. The molecule has 3 aromatic rings. The predicted molar refractivity (Wildman–Crippen MR) is 146 cm³/mol. The first-order chi connectivity index (χ1) is 18.7. The number of carbonyl (C=O) groups excluding carboxylic acids is 4. The van der Waals surface area contributed by atoms with Crippen LogP contribution in [0.5, 0.6) is 11.5 Å². The van der Waals surface area contributed by atoms with E-state index in [-0.39, 0.29) is 23.8 Å². The molecule has 3 rings (SSSR count). The third kappa shape index (κ3) is 8.32. The lowest BCUT2D eigenvalue weighted by Gasteiger charge is -2.22. The maximum Gasteiger partial charge on any atom is 0.276 e. The number of rotatable bonds is 10. The number of benzene rings is 3. The fourth-order valence-electron chi connectivity index (χ4n) is 3.51. The molecule has 0 heterocycles. The van der Waals surface area contributed by atoms with E-state index in [9.17, 15) is 19.2 Å². The van der Waals surface area contributed by atoms with Crippen LogP contribution >= 0.6 is 0 Å². The highest BCUT2D eigenvalue weighted by Gasteiger charge is 2.26. The third-order valence-corrected chi connectivity index (χ3v) is 5.72. The summed E-state index contributed by atoms with van der Waals surface area (Å²) in [5, 5.41) is 5.42. The van der Waals surface area contributed by atoms with Crippen molar-refractivity contribution in [3.63, 3.8) is 0 Å². The van der Waals surface area contributed by atoms with Gasteiger partial charge in [0, 0.05) is 5.56 Å². The molecule has 0 fully saturated rings. The summed E-state index contributed by atoms with van der Waals surface area (Å²) in [4.78, 5) is 50.8. The van der Waals surface area contributed by atoms with Crippen LogP contribution in [0.2, 0.25) is 0 Å². The molecule has 0 saturated heterocycles. The van der Waals surface area contributed by atoms with Gasteiger partial charge in [-0.05, 0) is 61.4 Å². The van der Waals surface area contributed by atoms with Gasteiger partial charge in [0.05, 0.1) is 18.4 Å². The summed E-state index contributed by atoms with van der Waals surface area (Å²) in [6.07, 6.45) is 0. The van der Waals surface area contributed by atoms with Crippen LogP contribution in [-0.2, 0) is 9.59 Å². The second-order valence-corrected chi connectivity index (χ2v) is 9.06. The zero-order valence-electron chi connectivity index (χ0n) is 22.2. The molecule has 0 aliphatic heterocycles. The molecule has 0 saturated carbocycles. The summed E-state index contributed by atoms with van der Waals surface area (Å²) in [6, 6.07) is 19.2. The van der Waals surface area contributed by atoms with Gasteiger partial charge >= 0.3 is 0 Å². The SMILES string of the molecule is COc1ccc(C(=O)Nc2ccccc2C(=O)N[C@@H](C(=O)NNC(=O)COc2ccc(C)cc2)C(C)C)cc1. The van der Waals surface area contributed by atoms with Gasteiger partial charge in [-0.1, -0.05) is 43.7 Å². The van der Waals surface area contributed by atoms with Crippen molar-refractivity contribution in [2.75, 3.05) is 19.0 Å². The number of amides is 4.